The first-order valence-corrected chi connectivity index (χ1v) is 6.92. The number of aromatic nitrogens is 3. The van der Waals surface area contributed by atoms with Gasteiger partial charge in [-0.15, -0.1) is 0 Å². The lowest BCUT2D eigenvalue weighted by atomic mass is 10.0. The number of hydrogen-bond donors (Lipinski definition) is 2. The Kier molecular flexibility index (Phi) is 4.38. The third-order valence-corrected chi connectivity index (χ3v) is 3.91. The molecule has 0 aliphatic heterocycles. The van der Waals surface area contributed by atoms with Crippen molar-refractivity contribution in [2.45, 2.75) is 25.0 Å². The molecule has 0 aliphatic rings. The van der Waals surface area contributed by atoms with Gasteiger partial charge >= 0.3 is 0 Å². The van der Waals surface area contributed by atoms with E-state index in [1.807, 2.05) is 7.05 Å². The molecule has 2 aromatic rings. The van der Waals surface area contributed by atoms with Gasteiger partial charge < -0.3 is 5.32 Å². The summed E-state index contributed by atoms with van der Waals surface area (Å²) < 4.78 is 0. The second-order valence-corrected chi connectivity index (χ2v) is 5.31. The predicted octanol–water partition coefficient (Wildman–Crippen LogP) is 2.47. The van der Waals surface area contributed by atoms with E-state index in [1.54, 1.807) is 11.8 Å². The SMILES string of the molecule is CNC(CSc1ncn[nH]1)c1cc(C)ccc1C. The quantitative estimate of drug-likeness (QED) is 0.813. The third kappa shape index (κ3) is 3.11. The number of benzene rings is 1. The minimum absolute atomic E-state index is 0.319. The molecule has 1 aromatic carbocycles. The van der Waals surface area contributed by atoms with Crippen LogP contribution in [0.3, 0.4) is 0 Å². The van der Waals surface area contributed by atoms with Crippen LogP contribution in [0.1, 0.15) is 22.7 Å². The Morgan fingerprint density at radius 1 is 1.39 bits per heavy atom. The van der Waals surface area contributed by atoms with Crippen LogP contribution in [0, 0.1) is 13.8 Å². The molecule has 18 heavy (non-hydrogen) atoms. The highest BCUT2D eigenvalue weighted by Gasteiger charge is 2.13. The summed E-state index contributed by atoms with van der Waals surface area (Å²) in [6.45, 7) is 4.28. The van der Waals surface area contributed by atoms with Crippen LogP contribution in [0.15, 0.2) is 29.7 Å². The molecule has 0 radical (unpaired) electrons. The fraction of sp³-hybridized carbons (Fsp3) is 0.385. The zero-order valence-electron chi connectivity index (χ0n) is 10.9. The molecule has 2 N–H and O–H groups in total. The van der Waals surface area contributed by atoms with Crippen LogP contribution < -0.4 is 5.32 Å². The predicted molar refractivity (Wildman–Crippen MR) is 74.8 cm³/mol. The van der Waals surface area contributed by atoms with Gasteiger partial charge in [0.2, 0.25) is 0 Å². The molecule has 0 fully saturated rings. The van der Waals surface area contributed by atoms with E-state index in [-0.39, 0.29) is 0 Å². The largest absolute Gasteiger partial charge is 0.312 e. The van der Waals surface area contributed by atoms with Gasteiger partial charge in [0.05, 0.1) is 0 Å². The molecule has 0 spiro atoms. The molecule has 0 bridgehead atoms. The minimum atomic E-state index is 0.319. The van der Waals surface area contributed by atoms with Gasteiger partial charge in [-0.2, -0.15) is 5.10 Å². The molecule has 5 heteroatoms. The summed E-state index contributed by atoms with van der Waals surface area (Å²) in [6, 6.07) is 6.89. The Morgan fingerprint density at radius 2 is 2.22 bits per heavy atom. The van der Waals surface area contributed by atoms with Crippen molar-refractivity contribution >= 4 is 11.8 Å². The highest BCUT2D eigenvalue weighted by molar-refractivity contribution is 7.99. The Bertz CT molecular complexity index is 496. The van der Waals surface area contributed by atoms with Gasteiger partial charge in [-0.25, -0.2) is 4.98 Å². The first kappa shape index (κ1) is 13.1. The lowest BCUT2D eigenvalue weighted by Crippen LogP contribution is -2.20. The number of aromatic amines is 1. The van der Waals surface area contributed by atoms with Crippen LogP contribution >= 0.6 is 11.8 Å². The molecule has 1 atom stereocenters. The number of nitrogens with zero attached hydrogens (tertiary/aromatic N) is 2. The fourth-order valence-corrected chi connectivity index (χ4v) is 2.80. The van der Waals surface area contributed by atoms with E-state index in [2.05, 4.69) is 52.5 Å². The van der Waals surface area contributed by atoms with E-state index >= 15 is 0 Å². The first-order valence-electron chi connectivity index (χ1n) is 5.93. The normalized spacial score (nSPS) is 12.6. The van der Waals surface area contributed by atoms with E-state index in [0.29, 0.717) is 6.04 Å². The van der Waals surface area contributed by atoms with Crippen LogP contribution in [0.2, 0.25) is 0 Å². The Balaban J connectivity index is 2.10. The molecule has 0 saturated carbocycles. The lowest BCUT2D eigenvalue weighted by molar-refractivity contribution is 0.656. The zero-order valence-corrected chi connectivity index (χ0v) is 11.7. The van der Waals surface area contributed by atoms with Gasteiger partial charge in [0.15, 0.2) is 5.16 Å². The summed E-state index contributed by atoms with van der Waals surface area (Å²) >= 11 is 1.68. The van der Waals surface area contributed by atoms with E-state index in [9.17, 15) is 0 Å². The molecule has 1 unspecified atom stereocenters. The Morgan fingerprint density at radius 3 is 2.89 bits per heavy atom. The maximum atomic E-state index is 4.12. The van der Waals surface area contributed by atoms with Crippen LogP contribution in [0.5, 0.6) is 0 Å². The van der Waals surface area contributed by atoms with Gasteiger partial charge in [0.25, 0.3) is 0 Å². The zero-order chi connectivity index (χ0) is 13.0. The van der Waals surface area contributed by atoms with Crippen LogP contribution in [0.25, 0.3) is 0 Å². The highest BCUT2D eigenvalue weighted by Crippen LogP contribution is 2.24. The average molecular weight is 262 g/mol. The Labute approximate surface area is 112 Å². The fourth-order valence-electron chi connectivity index (χ4n) is 1.89. The van der Waals surface area contributed by atoms with E-state index in [1.165, 1.54) is 23.0 Å². The molecule has 0 aliphatic carbocycles. The summed E-state index contributed by atoms with van der Waals surface area (Å²) in [5.41, 5.74) is 3.96. The van der Waals surface area contributed by atoms with Crippen molar-refractivity contribution in [2.75, 3.05) is 12.8 Å². The number of thioether (sulfide) groups is 1. The molecule has 0 amide bonds. The summed E-state index contributed by atoms with van der Waals surface area (Å²) in [6.07, 6.45) is 1.54. The van der Waals surface area contributed by atoms with Gasteiger partial charge in [-0.1, -0.05) is 35.5 Å². The topological polar surface area (TPSA) is 53.6 Å². The monoisotopic (exact) mass is 262 g/mol. The van der Waals surface area contributed by atoms with Crippen molar-refractivity contribution in [1.82, 2.24) is 20.5 Å². The molecule has 1 heterocycles. The van der Waals surface area contributed by atoms with Gasteiger partial charge in [-0.05, 0) is 32.0 Å². The summed E-state index contributed by atoms with van der Waals surface area (Å²) in [7, 11) is 1.99. The molecule has 96 valence electrons. The number of rotatable bonds is 5. The molecule has 1 aromatic heterocycles. The van der Waals surface area contributed by atoms with E-state index in [0.717, 1.165) is 10.9 Å². The van der Waals surface area contributed by atoms with Crippen molar-refractivity contribution in [1.29, 1.82) is 0 Å². The number of hydrogen-bond acceptors (Lipinski definition) is 4. The second-order valence-electron chi connectivity index (χ2n) is 4.30. The number of aryl methyl sites for hydroxylation is 2. The van der Waals surface area contributed by atoms with Crippen molar-refractivity contribution in [2.24, 2.45) is 0 Å². The summed E-state index contributed by atoms with van der Waals surface area (Å²) in [5.74, 6) is 0.927. The maximum Gasteiger partial charge on any atom is 0.183 e. The van der Waals surface area contributed by atoms with Gasteiger partial charge in [0.1, 0.15) is 6.33 Å². The lowest BCUT2D eigenvalue weighted by Gasteiger charge is -2.18. The first-order chi connectivity index (χ1) is 8.70. The molecular formula is C13H18N4S. The third-order valence-electron chi connectivity index (χ3n) is 2.94. The minimum Gasteiger partial charge on any atom is -0.312 e. The smallest absolute Gasteiger partial charge is 0.183 e. The van der Waals surface area contributed by atoms with Crippen molar-refractivity contribution in [3.8, 4) is 0 Å². The molecule has 4 nitrogen and oxygen atoms in total. The van der Waals surface area contributed by atoms with Crippen LogP contribution in [0.4, 0.5) is 0 Å². The van der Waals surface area contributed by atoms with Crippen molar-refractivity contribution in [3.05, 3.63) is 41.2 Å². The molecular weight excluding hydrogens is 244 g/mol. The van der Waals surface area contributed by atoms with Crippen molar-refractivity contribution in [3.63, 3.8) is 0 Å². The summed E-state index contributed by atoms with van der Waals surface area (Å²) in [4.78, 5) is 4.12. The van der Waals surface area contributed by atoms with Crippen molar-refractivity contribution < 1.29 is 0 Å². The van der Waals surface area contributed by atoms with Gasteiger partial charge in [-0.3, -0.25) is 5.10 Å². The van der Waals surface area contributed by atoms with Crippen LogP contribution in [-0.2, 0) is 0 Å². The number of H-pyrrole nitrogens is 1. The van der Waals surface area contributed by atoms with E-state index < -0.39 is 0 Å². The summed E-state index contributed by atoms with van der Waals surface area (Å²) in [5, 5.41) is 10.9. The van der Waals surface area contributed by atoms with Crippen LogP contribution in [-0.4, -0.2) is 28.0 Å². The molecule has 2 rings (SSSR count). The van der Waals surface area contributed by atoms with E-state index in [4.69, 9.17) is 0 Å². The van der Waals surface area contributed by atoms with Gasteiger partial charge in [0, 0.05) is 11.8 Å². The Hall–Kier alpha value is -1.33. The molecule has 0 saturated heterocycles. The maximum absolute atomic E-state index is 4.12. The second kappa shape index (κ2) is 6.02. The standard InChI is InChI=1S/C13H18N4S/c1-9-4-5-10(2)11(6-9)12(14-3)7-18-13-15-8-16-17-13/h4-6,8,12,14H,7H2,1-3H3,(H,15,16,17). The average Bonchev–Trinajstić information content (AvgIpc) is 2.87. The highest BCUT2D eigenvalue weighted by atomic mass is 32.2. The number of nitrogens with one attached hydrogen (secondary N) is 2.